The van der Waals surface area contributed by atoms with Crippen molar-refractivity contribution < 1.29 is 18.7 Å². The van der Waals surface area contributed by atoms with Gasteiger partial charge < -0.3 is 19.4 Å². The molecule has 3 aromatic rings. The first kappa shape index (κ1) is 17.1. The molecule has 27 heavy (non-hydrogen) atoms. The van der Waals surface area contributed by atoms with Crippen molar-refractivity contribution in [3.63, 3.8) is 0 Å². The Morgan fingerprint density at radius 2 is 2.00 bits per heavy atom. The molecule has 138 valence electrons. The normalized spacial score (nSPS) is 12.9. The second-order valence-corrected chi connectivity index (χ2v) is 6.64. The molecule has 0 unspecified atom stereocenters. The maximum absolute atomic E-state index is 12.7. The van der Waals surface area contributed by atoms with Crippen LogP contribution in [0, 0.1) is 6.92 Å². The second kappa shape index (κ2) is 6.46. The van der Waals surface area contributed by atoms with E-state index in [1.807, 2.05) is 25.1 Å². The zero-order valence-corrected chi connectivity index (χ0v) is 15.5. The number of benzene rings is 2. The Hall–Kier alpha value is -3.28. The fourth-order valence-corrected chi connectivity index (χ4v) is 3.54. The Morgan fingerprint density at radius 1 is 1.19 bits per heavy atom. The van der Waals surface area contributed by atoms with Gasteiger partial charge in [0.2, 0.25) is 5.91 Å². The van der Waals surface area contributed by atoms with Gasteiger partial charge in [-0.3, -0.25) is 9.59 Å². The number of hydrogen-bond acceptors (Lipinski definition) is 4. The van der Waals surface area contributed by atoms with Crippen molar-refractivity contribution in [2.75, 3.05) is 23.9 Å². The van der Waals surface area contributed by atoms with Crippen LogP contribution >= 0.6 is 0 Å². The number of hydrogen-bond donors (Lipinski definition) is 1. The fourth-order valence-electron chi connectivity index (χ4n) is 3.54. The number of aryl methyl sites for hydroxylation is 1. The molecule has 0 radical (unpaired) electrons. The van der Waals surface area contributed by atoms with Crippen molar-refractivity contribution in [2.45, 2.75) is 20.3 Å². The summed E-state index contributed by atoms with van der Waals surface area (Å²) in [5.41, 5.74) is 4.05. The quantitative estimate of drug-likeness (QED) is 0.765. The number of methoxy groups -OCH3 is 1. The lowest BCUT2D eigenvalue weighted by Crippen LogP contribution is -2.25. The van der Waals surface area contributed by atoms with Gasteiger partial charge in [-0.25, -0.2) is 0 Å². The lowest BCUT2D eigenvalue weighted by molar-refractivity contribution is -0.116. The lowest BCUT2D eigenvalue weighted by Gasteiger charge is -2.15. The van der Waals surface area contributed by atoms with Gasteiger partial charge in [0.05, 0.1) is 7.11 Å². The van der Waals surface area contributed by atoms with Crippen molar-refractivity contribution in [3.8, 4) is 5.75 Å². The largest absolute Gasteiger partial charge is 0.497 e. The van der Waals surface area contributed by atoms with Crippen LogP contribution in [0.5, 0.6) is 5.75 Å². The fraction of sp³-hybridized carbons (Fsp3) is 0.238. The van der Waals surface area contributed by atoms with Gasteiger partial charge in [0.15, 0.2) is 5.76 Å². The Bertz CT molecular complexity index is 1070. The molecule has 2 heterocycles. The van der Waals surface area contributed by atoms with Crippen LogP contribution in [0.4, 0.5) is 11.4 Å². The molecular formula is C21H20N2O4. The predicted octanol–water partition coefficient (Wildman–Crippen LogP) is 3.91. The van der Waals surface area contributed by atoms with Gasteiger partial charge in [0.25, 0.3) is 5.91 Å². The first-order valence-electron chi connectivity index (χ1n) is 8.77. The Kier molecular flexibility index (Phi) is 4.11. The number of ether oxygens (including phenoxy) is 1. The average molecular weight is 364 g/mol. The number of rotatable bonds is 3. The summed E-state index contributed by atoms with van der Waals surface area (Å²) in [6.45, 7) is 4.09. The minimum Gasteiger partial charge on any atom is -0.497 e. The lowest BCUT2D eigenvalue weighted by atomic mass is 10.1. The summed E-state index contributed by atoms with van der Waals surface area (Å²) in [6.07, 6.45) is 0.780. The molecule has 1 aliphatic rings. The number of nitrogens with one attached hydrogen (secondary N) is 1. The van der Waals surface area contributed by atoms with E-state index in [4.69, 9.17) is 9.15 Å². The summed E-state index contributed by atoms with van der Waals surface area (Å²) in [4.78, 5) is 26.1. The monoisotopic (exact) mass is 364 g/mol. The summed E-state index contributed by atoms with van der Waals surface area (Å²) >= 11 is 0. The van der Waals surface area contributed by atoms with Crippen molar-refractivity contribution in [2.24, 2.45) is 0 Å². The van der Waals surface area contributed by atoms with E-state index in [1.54, 1.807) is 37.1 Å². The van der Waals surface area contributed by atoms with Crippen molar-refractivity contribution >= 4 is 34.2 Å². The summed E-state index contributed by atoms with van der Waals surface area (Å²) in [6, 6.07) is 11.0. The molecule has 0 bridgehead atoms. The van der Waals surface area contributed by atoms with Gasteiger partial charge in [0.1, 0.15) is 11.3 Å². The second-order valence-electron chi connectivity index (χ2n) is 6.64. The average Bonchev–Trinajstić information content (AvgIpc) is 3.22. The molecule has 0 atom stereocenters. The van der Waals surface area contributed by atoms with E-state index in [9.17, 15) is 9.59 Å². The zero-order valence-electron chi connectivity index (χ0n) is 15.5. The maximum Gasteiger partial charge on any atom is 0.291 e. The van der Waals surface area contributed by atoms with Crippen molar-refractivity contribution in [1.29, 1.82) is 0 Å². The maximum atomic E-state index is 12.7. The Balaban J connectivity index is 1.61. The molecule has 2 aromatic carbocycles. The summed E-state index contributed by atoms with van der Waals surface area (Å²) in [5.74, 6) is 0.721. The van der Waals surface area contributed by atoms with Crippen LogP contribution in [0.15, 0.2) is 40.8 Å². The van der Waals surface area contributed by atoms with E-state index in [2.05, 4.69) is 5.32 Å². The van der Waals surface area contributed by atoms with E-state index >= 15 is 0 Å². The summed E-state index contributed by atoms with van der Waals surface area (Å²) in [7, 11) is 1.60. The Morgan fingerprint density at radius 3 is 2.74 bits per heavy atom. The molecule has 0 saturated carbocycles. The standard InChI is InChI=1S/C21H20N2O4/c1-12-17-11-16(26-3)5-7-19(17)27-20(12)21(25)22-15-4-6-18-14(10-15)8-9-23(18)13(2)24/h4-7,10-11H,8-9H2,1-3H3,(H,22,25). The smallest absolute Gasteiger partial charge is 0.291 e. The highest BCUT2D eigenvalue weighted by Gasteiger charge is 2.23. The van der Waals surface area contributed by atoms with E-state index < -0.39 is 0 Å². The molecule has 6 heteroatoms. The van der Waals surface area contributed by atoms with Crippen LogP contribution in [0.2, 0.25) is 0 Å². The molecule has 2 amide bonds. The third-order valence-electron chi connectivity index (χ3n) is 4.96. The molecule has 1 aliphatic heterocycles. The van der Waals surface area contributed by atoms with E-state index in [-0.39, 0.29) is 17.6 Å². The number of nitrogens with zero attached hydrogens (tertiary/aromatic N) is 1. The number of amides is 2. The van der Waals surface area contributed by atoms with Crippen molar-refractivity contribution in [1.82, 2.24) is 0 Å². The van der Waals surface area contributed by atoms with Crippen LogP contribution in [0.3, 0.4) is 0 Å². The van der Waals surface area contributed by atoms with E-state index in [1.165, 1.54) is 0 Å². The number of anilines is 2. The molecule has 0 aliphatic carbocycles. The number of carbonyl (C=O) groups excluding carboxylic acids is 2. The van der Waals surface area contributed by atoms with Crippen LogP contribution in [-0.4, -0.2) is 25.5 Å². The first-order chi connectivity index (χ1) is 13.0. The van der Waals surface area contributed by atoms with Gasteiger partial charge in [-0.15, -0.1) is 0 Å². The van der Waals surface area contributed by atoms with Gasteiger partial charge >= 0.3 is 0 Å². The third kappa shape index (κ3) is 2.93. The third-order valence-corrected chi connectivity index (χ3v) is 4.96. The molecule has 4 rings (SSSR count). The molecule has 0 spiro atoms. The van der Waals surface area contributed by atoms with E-state index in [0.29, 0.717) is 23.6 Å². The zero-order chi connectivity index (χ0) is 19.1. The molecule has 1 N–H and O–H groups in total. The SMILES string of the molecule is COc1ccc2oc(C(=O)Nc3ccc4c(c3)CCN4C(C)=O)c(C)c2c1. The predicted molar refractivity (Wildman–Crippen MR) is 104 cm³/mol. The summed E-state index contributed by atoms with van der Waals surface area (Å²) < 4.78 is 11.0. The molecule has 0 fully saturated rings. The molecule has 0 saturated heterocycles. The highest BCUT2D eigenvalue weighted by atomic mass is 16.5. The van der Waals surface area contributed by atoms with Crippen LogP contribution in [0.25, 0.3) is 11.0 Å². The molecular weight excluding hydrogens is 344 g/mol. The van der Waals surface area contributed by atoms with Gasteiger partial charge in [-0.05, 0) is 55.3 Å². The van der Waals surface area contributed by atoms with E-state index in [0.717, 1.165) is 28.6 Å². The van der Waals surface area contributed by atoms with Gasteiger partial charge in [-0.2, -0.15) is 0 Å². The first-order valence-corrected chi connectivity index (χ1v) is 8.77. The van der Waals surface area contributed by atoms with Crippen LogP contribution in [0.1, 0.15) is 28.6 Å². The van der Waals surface area contributed by atoms with Gasteiger partial charge in [-0.1, -0.05) is 0 Å². The minimum absolute atomic E-state index is 0.0267. The highest BCUT2D eigenvalue weighted by Crippen LogP contribution is 2.32. The van der Waals surface area contributed by atoms with Gasteiger partial charge in [0, 0.05) is 35.8 Å². The summed E-state index contributed by atoms with van der Waals surface area (Å²) in [5, 5.41) is 3.75. The number of fused-ring (bicyclic) bond motifs is 2. The molecule has 1 aromatic heterocycles. The topological polar surface area (TPSA) is 71.8 Å². The van der Waals surface area contributed by atoms with Crippen molar-refractivity contribution in [3.05, 3.63) is 53.3 Å². The highest BCUT2D eigenvalue weighted by molar-refractivity contribution is 6.07. The molecule has 6 nitrogen and oxygen atoms in total. The Labute approximate surface area is 156 Å². The van der Waals surface area contributed by atoms with Crippen LogP contribution in [-0.2, 0) is 11.2 Å². The minimum atomic E-state index is -0.302. The number of furan rings is 1. The number of carbonyl (C=O) groups is 2. The van der Waals surface area contributed by atoms with Crippen LogP contribution < -0.4 is 15.0 Å².